The van der Waals surface area contributed by atoms with Gasteiger partial charge in [0.2, 0.25) is 0 Å². The summed E-state index contributed by atoms with van der Waals surface area (Å²) in [5.74, 6) is 0.842. The average molecular weight is 458 g/mol. The SMILES string of the molecule is CN=C(NCCc1ccc(C)nc1)NCC(C)(C)c1cccs1.I. The molecule has 0 aliphatic carbocycles. The molecule has 0 spiro atoms. The molecule has 0 saturated carbocycles. The second-order valence-electron chi connectivity index (χ2n) is 6.27. The highest BCUT2D eigenvalue weighted by molar-refractivity contribution is 14.0. The van der Waals surface area contributed by atoms with E-state index in [0.29, 0.717) is 0 Å². The van der Waals surface area contributed by atoms with Gasteiger partial charge in [-0.25, -0.2) is 0 Å². The molecule has 0 saturated heterocycles. The summed E-state index contributed by atoms with van der Waals surface area (Å²) in [6.45, 7) is 8.18. The summed E-state index contributed by atoms with van der Waals surface area (Å²) in [6.07, 6.45) is 2.87. The highest BCUT2D eigenvalue weighted by Crippen LogP contribution is 2.26. The normalized spacial score (nSPS) is 11.8. The van der Waals surface area contributed by atoms with Crippen LogP contribution in [0.15, 0.2) is 40.8 Å². The molecule has 4 nitrogen and oxygen atoms in total. The van der Waals surface area contributed by atoms with Crippen molar-refractivity contribution in [3.63, 3.8) is 0 Å². The minimum absolute atomic E-state index is 0. The van der Waals surface area contributed by atoms with Crippen molar-refractivity contribution in [3.8, 4) is 0 Å². The summed E-state index contributed by atoms with van der Waals surface area (Å²) in [5.41, 5.74) is 2.37. The van der Waals surface area contributed by atoms with Gasteiger partial charge in [-0.1, -0.05) is 26.0 Å². The summed E-state index contributed by atoms with van der Waals surface area (Å²) in [6, 6.07) is 8.46. The van der Waals surface area contributed by atoms with Crippen molar-refractivity contribution in [1.82, 2.24) is 15.6 Å². The van der Waals surface area contributed by atoms with E-state index in [0.717, 1.165) is 31.2 Å². The molecule has 2 aromatic heterocycles. The second-order valence-corrected chi connectivity index (χ2v) is 7.22. The number of guanidine groups is 1. The van der Waals surface area contributed by atoms with Gasteiger partial charge in [-0.2, -0.15) is 0 Å². The third-order valence-corrected chi connectivity index (χ3v) is 5.02. The van der Waals surface area contributed by atoms with E-state index in [2.05, 4.69) is 58.0 Å². The molecule has 0 aliphatic heterocycles. The molecule has 0 unspecified atom stereocenters. The number of hydrogen-bond donors (Lipinski definition) is 2. The number of aromatic nitrogens is 1. The fraction of sp³-hybridized carbons (Fsp3) is 0.444. The van der Waals surface area contributed by atoms with Gasteiger partial charge in [-0.15, -0.1) is 35.3 Å². The van der Waals surface area contributed by atoms with Crippen LogP contribution in [0.3, 0.4) is 0 Å². The summed E-state index contributed by atoms with van der Waals surface area (Å²) in [4.78, 5) is 10.0. The zero-order valence-electron chi connectivity index (χ0n) is 14.8. The first-order chi connectivity index (χ1) is 11.0. The van der Waals surface area contributed by atoms with Crippen LogP contribution in [0.25, 0.3) is 0 Å². The third kappa shape index (κ3) is 6.39. The van der Waals surface area contributed by atoms with E-state index < -0.39 is 0 Å². The van der Waals surface area contributed by atoms with Crippen LogP contribution in [0.2, 0.25) is 0 Å². The first-order valence-corrected chi connectivity index (χ1v) is 8.79. The lowest BCUT2D eigenvalue weighted by molar-refractivity contribution is 0.518. The third-order valence-electron chi connectivity index (χ3n) is 3.79. The molecule has 6 heteroatoms. The van der Waals surface area contributed by atoms with Crippen LogP contribution in [0.1, 0.15) is 30.0 Å². The van der Waals surface area contributed by atoms with Crippen molar-refractivity contribution in [2.24, 2.45) is 4.99 Å². The first kappa shape index (κ1) is 20.9. The molecule has 24 heavy (non-hydrogen) atoms. The number of rotatable bonds is 6. The van der Waals surface area contributed by atoms with Crippen molar-refractivity contribution in [1.29, 1.82) is 0 Å². The summed E-state index contributed by atoms with van der Waals surface area (Å²) in [5, 5.41) is 8.91. The Hall–Kier alpha value is -1.15. The molecule has 0 bridgehead atoms. The molecule has 2 rings (SSSR count). The first-order valence-electron chi connectivity index (χ1n) is 7.91. The number of hydrogen-bond acceptors (Lipinski definition) is 3. The Morgan fingerprint density at radius 1 is 1.25 bits per heavy atom. The van der Waals surface area contributed by atoms with Crippen molar-refractivity contribution in [2.45, 2.75) is 32.6 Å². The van der Waals surface area contributed by atoms with Gasteiger partial charge in [-0.3, -0.25) is 9.98 Å². The van der Waals surface area contributed by atoms with E-state index >= 15 is 0 Å². The molecule has 0 atom stereocenters. The lowest BCUT2D eigenvalue weighted by Crippen LogP contribution is -2.43. The summed E-state index contributed by atoms with van der Waals surface area (Å²) >= 11 is 1.80. The zero-order valence-corrected chi connectivity index (χ0v) is 17.9. The number of thiophene rings is 1. The van der Waals surface area contributed by atoms with Crippen LogP contribution < -0.4 is 10.6 Å². The topological polar surface area (TPSA) is 49.3 Å². The minimum atomic E-state index is 0. The summed E-state index contributed by atoms with van der Waals surface area (Å²) in [7, 11) is 1.81. The van der Waals surface area contributed by atoms with Gasteiger partial charge in [0.25, 0.3) is 0 Å². The molecule has 2 heterocycles. The van der Waals surface area contributed by atoms with Gasteiger partial charge in [0, 0.05) is 42.3 Å². The molecule has 132 valence electrons. The highest BCUT2D eigenvalue weighted by atomic mass is 127. The fourth-order valence-corrected chi connectivity index (χ4v) is 3.10. The largest absolute Gasteiger partial charge is 0.356 e. The predicted molar refractivity (Wildman–Crippen MR) is 115 cm³/mol. The van der Waals surface area contributed by atoms with Crippen LogP contribution in [0.4, 0.5) is 0 Å². The van der Waals surface area contributed by atoms with Crippen LogP contribution >= 0.6 is 35.3 Å². The lowest BCUT2D eigenvalue weighted by Gasteiger charge is -2.25. The van der Waals surface area contributed by atoms with Gasteiger partial charge in [0.1, 0.15) is 0 Å². The van der Waals surface area contributed by atoms with Crippen LogP contribution in [-0.4, -0.2) is 31.1 Å². The van der Waals surface area contributed by atoms with Crippen molar-refractivity contribution < 1.29 is 0 Å². The Labute approximate surface area is 166 Å². The predicted octanol–water partition coefficient (Wildman–Crippen LogP) is 3.75. The standard InChI is InChI=1S/C18H26N4S.HI/c1-14-7-8-15(12-21-14)9-10-20-17(19-4)22-13-18(2,3)16-6-5-11-23-16;/h5-8,11-12H,9-10,13H2,1-4H3,(H2,19,20,22);1H. The Morgan fingerprint density at radius 3 is 2.62 bits per heavy atom. The number of aliphatic imine (C=N–C) groups is 1. The van der Waals surface area contributed by atoms with E-state index in [9.17, 15) is 0 Å². The van der Waals surface area contributed by atoms with Crippen LogP contribution in [-0.2, 0) is 11.8 Å². The van der Waals surface area contributed by atoms with Crippen molar-refractivity contribution >= 4 is 41.3 Å². The van der Waals surface area contributed by atoms with Gasteiger partial charge in [0.15, 0.2) is 5.96 Å². The molecule has 0 fully saturated rings. The fourth-order valence-electron chi connectivity index (χ4n) is 2.25. The van der Waals surface area contributed by atoms with Gasteiger partial charge in [0.05, 0.1) is 0 Å². The molecule has 0 amide bonds. The maximum absolute atomic E-state index is 4.32. The highest BCUT2D eigenvalue weighted by Gasteiger charge is 2.21. The van der Waals surface area contributed by atoms with Gasteiger partial charge >= 0.3 is 0 Å². The molecule has 2 N–H and O–H groups in total. The average Bonchev–Trinajstić information content (AvgIpc) is 3.08. The van der Waals surface area contributed by atoms with E-state index in [4.69, 9.17) is 0 Å². The van der Waals surface area contributed by atoms with Crippen molar-refractivity contribution in [2.75, 3.05) is 20.1 Å². The Bertz CT molecular complexity index is 621. The van der Waals surface area contributed by atoms with E-state index in [1.165, 1.54) is 10.4 Å². The van der Waals surface area contributed by atoms with Gasteiger partial charge < -0.3 is 10.6 Å². The van der Waals surface area contributed by atoms with Crippen LogP contribution in [0, 0.1) is 6.92 Å². The molecule has 0 aromatic carbocycles. The second kappa shape index (κ2) is 9.98. The number of nitrogens with zero attached hydrogens (tertiary/aromatic N) is 2. The number of halogens is 1. The van der Waals surface area contributed by atoms with E-state index in [-0.39, 0.29) is 29.4 Å². The minimum Gasteiger partial charge on any atom is -0.356 e. The summed E-state index contributed by atoms with van der Waals surface area (Å²) < 4.78 is 0. The zero-order chi connectivity index (χ0) is 16.7. The lowest BCUT2D eigenvalue weighted by atomic mass is 9.91. The Kier molecular flexibility index (Phi) is 8.69. The van der Waals surface area contributed by atoms with E-state index in [1.807, 2.05) is 19.2 Å². The molecular formula is C18H27IN4S. The molecular weight excluding hydrogens is 431 g/mol. The maximum Gasteiger partial charge on any atom is 0.191 e. The van der Waals surface area contributed by atoms with E-state index in [1.54, 1.807) is 18.4 Å². The Morgan fingerprint density at radius 2 is 2.04 bits per heavy atom. The van der Waals surface area contributed by atoms with Gasteiger partial charge in [-0.05, 0) is 36.4 Å². The van der Waals surface area contributed by atoms with Crippen molar-refractivity contribution in [3.05, 3.63) is 52.0 Å². The molecule has 0 aliphatic rings. The molecule has 0 radical (unpaired) electrons. The monoisotopic (exact) mass is 458 g/mol. The smallest absolute Gasteiger partial charge is 0.191 e. The van der Waals surface area contributed by atoms with Crippen LogP contribution in [0.5, 0.6) is 0 Å². The molecule has 2 aromatic rings. The Balaban J connectivity index is 0.00000288. The number of pyridine rings is 1. The maximum atomic E-state index is 4.32. The number of aryl methyl sites for hydroxylation is 1. The quantitative estimate of drug-likeness (QED) is 0.394. The number of nitrogens with one attached hydrogen (secondary N) is 2.